The van der Waals surface area contributed by atoms with Crippen LogP contribution in [0.3, 0.4) is 0 Å². The van der Waals surface area contributed by atoms with Crippen LogP contribution in [0, 0.1) is 0 Å². The van der Waals surface area contributed by atoms with Crippen molar-refractivity contribution in [3.8, 4) is 0 Å². The number of fused-ring (bicyclic) bond motifs is 1. The third-order valence-corrected chi connectivity index (χ3v) is 4.25. The molecule has 0 aliphatic carbocycles. The number of aliphatic hydroxyl groups excluding tert-OH is 1. The van der Waals surface area contributed by atoms with Crippen LogP contribution in [0.2, 0.25) is 10.0 Å². The molecule has 2 N–H and O–H groups in total. The maximum atomic E-state index is 11.9. The lowest BCUT2D eigenvalue weighted by Crippen LogP contribution is -2.30. The lowest BCUT2D eigenvalue weighted by atomic mass is 10.2. The molecule has 2 rings (SSSR count). The van der Waals surface area contributed by atoms with Crippen molar-refractivity contribution >= 4 is 50.5 Å². The van der Waals surface area contributed by atoms with Gasteiger partial charge in [-0.25, -0.2) is 0 Å². The van der Waals surface area contributed by atoms with Gasteiger partial charge in [0.25, 0.3) is 5.91 Å². The minimum atomic E-state index is -0.587. The number of thiophene rings is 1. The first-order valence-electron chi connectivity index (χ1n) is 5.33. The van der Waals surface area contributed by atoms with E-state index in [0.29, 0.717) is 14.9 Å². The van der Waals surface area contributed by atoms with Crippen molar-refractivity contribution in [2.75, 3.05) is 6.54 Å². The predicted molar refractivity (Wildman–Crippen MR) is 75.9 cm³/mol. The summed E-state index contributed by atoms with van der Waals surface area (Å²) in [4.78, 5) is 12.3. The molecule has 1 atom stereocenters. The van der Waals surface area contributed by atoms with Crippen LogP contribution in [0.4, 0.5) is 0 Å². The Kier molecular flexibility index (Phi) is 4.12. The Balaban J connectivity index is 2.33. The maximum Gasteiger partial charge on any atom is 0.263 e. The van der Waals surface area contributed by atoms with E-state index in [1.807, 2.05) is 0 Å². The molecule has 18 heavy (non-hydrogen) atoms. The summed E-state index contributed by atoms with van der Waals surface area (Å²) in [7, 11) is 0. The number of hydrogen-bond acceptors (Lipinski definition) is 3. The van der Waals surface area contributed by atoms with E-state index in [0.717, 1.165) is 10.1 Å². The molecule has 0 bridgehead atoms. The van der Waals surface area contributed by atoms with Gasteiger partial charge in [0.1, 0.15) is 4.88 Å². The number of halogens is 2. The van der Waals surface area contributed by atoms with E-state index < -0.39 is 6.10 Å². The average Bonchev–Trinajstić information content (AvgIpc) is 2.63. The van der Waals surface area contributed by atoms with Crippen LogP contribution in [0.1, 0.15) is 16.6 Å². The highest BCUT2D eigenvalue weighted by Crippen LogP contribution is 2.36. The molecule has 0 aliphatic heterocycles. The zero-order chi connectivity index (χ0) is 13.3. The predicted octanol–water partition coefficient (Wildman–Crippen LogP) is 3.32. The van der Waals surface area contributed by atoms with Gasteiger partial charge in [0, 0.05) is 21.7 Å². The number of carbonyl (C=O) groups excluding carboxylic acids is 1. The molecule has 1 amide bonds. The molecule has 96 valence electrons. The average molecular weight is 304 g/mol. The highest BCUT2D eigenvalue weighted by atomic mass is 35.5. The molecule has 0 fully saturated rings. The number of hydrogen-bond donors (Lipinski definition) is 2. The largest absolute Gasteiger partial charge is 0.392 e. The Morgan fingerprint density at radius 2 is 2.22 bits per heavy atom. The highest BCUT2D eigenvalue weighted by Gasteiger charge is 2.17. The third-order valence-electron chi connectivity index (χ3n) is 2.36. The topological polar surface area (TPSA) is 49.3 Å². The van der Waals surface area contributed by atoms with Crippen LogP contribution in [-0.2, 0) is 0 Å². The molecule has 0 saturated heterocycles. The second kappa shape index (κ2) is 5.45. The Morgan fingerprint density at radius 1 is 1.50 bits per heavy atom. The van der Waals surface area contributed by atoms with Crippen molar-refractivity contribution in [1.29, 1.82) is 0 Å². The first-order valence-corrected chi connectivity index (χ1v) is 6.90. The van der Waals surface area contributed by atoms with E-state index in [4.69, 9.17) is 28.3 Å². The zero-order valence-electron chi connectivity index (χ0n) is 9.54. The number of nitrogens with one attached hydrogen (secondary N) is 1. The van der Waals surface area contributed by atoms with Crippen LogP contribution in [0.5, 0.6) is 0 Å². The summed E-state index contributed by atoms with van der Waals surface area (Å²) in [5.41, 5.74) is 0. The van der Waals surface area contributed by atoms with Gasteiger partial charge < -0.3 is 10.4 Å². The number of amides is 1. The van der Waals surface area contributed by atoms with Gasteiger partial charge in [0.05, 0.1) is 11.1 Å². The van der Waals surface area contributed by atoms with Crippen LogP contribution in [0.25, 0.3) is 10.1 Å². The Labute approximate surface area is 118 Å². The fourth-order valence-corrected chi connectivity index (χ4v) is 3.22. The van der Waals surface area contributed by atoms with E-state index >= 15 is 0 Å². The Bertz CT molecular complexity index is 595. The Hall–Kier alpha value is -0.810. The van der Waals surface area contributed by atoms with E-state index in [2.05, 4.69) is 5.32 Å². The minimum Gasteiger partial charge on any atom is -0.392 e. The molecule has 0 saturated carbocycles. The number of rotatable bonds is 3. The van der Waals surface area contributed by atoms with Crippen LogP contribution < -0.4 is 5.32 Å². The van der Waals surface area contributed by atoms with Crippen molar-refractivity contribution < 1.29 is 9.90 Å². The summed E-state index contributed by atoms with van der Waals surface area (Å²) < 4.78 is 0.870. The van der Waals surface area contributed by atoms with Crippen LogP contribution in [0.15, 0.2) is 18.2 Å². The molecule has 1 aromatic carbocycles. The molecule has 2 aromatic rings. The smallest absolute Gasteiger partial charge is 0.263 e. The molecule has 6 heteroatoms. The fourth-order valence-electron chi connectivity index (χ4n) is 1.51. The normalized spacial score (nSPS) is 12.7. The fraction of sp³-hybridized carbons (Fsp3) is 0.250. The van der Waals surface area contributed by atoms with Crippen LogP contribution >= 0.6 is 34.5 Å². The van der Waals surface area contributed by atoms with Gasteiger partial charge in [-0.2, -0.15) is 0 Å². The highest BCUT2D eigenvalue weighted by molar-refractivity contribution is 7.21. The van der Waals surface area contributed by atoms with Crippen molar-refractivity contribution in [1.82, 2.24) is 5.32 Å². The van der Waals surface area contributed by atoms with Gasteiger partial charge >= 0.3 is 0 Å². The molecule has 0 unspecified atom stereocenters. The standard InChI is InChI=1S/C12H11Cl2NO2S/c1-6(16)5-15-12(17)11-10(14)8-3-2-7(13)4-9(8)18-11/h2-4,6,16H,5H2,1H3,(H,15,17)/t6-/m0/s1. The van der Waals surface area contributed by atoms with E-state index in [-0.39, 0.29) is 12.5 Å². The quantitative estimate of drug-likeness (QED) is 0.914. The molecule has 0 aliphatic rings. The summed E-state index contributed by atoms with van der Waals surface area (Å²) in [5.74, 6) is -0.279. The molecule has 1 heterocycles. The lowest BCUT2D eigenvalue weighted by molar-refractivity contribution is 0.0928. The lowest BCUT2D eigenvalue weighted by Gasteiger charge is -2.05. The first kappa shape index (κ1) is 13.6. The van der Waals surface area contributed by atoms with Crippen molar-refractivity contribution in [2.24, 2.45) is 0 Å². The third kappa shape index (κ3) is 2.78. The van der Waals surface area contributed by atoms with Gasteiger partial charge in [0.15, 0.2) is 0 Å². The van der Waals surface area contributed by atoms with E-state index in [1.165, 1.54) is 11.3 Å². The van der Waals surface area contributed by atoms with Gasteiger partial charge in [-0.05, 0) is 19.1 Å². The molecule has 1 aromatic heterocycles. The second-order valence-electron chi connectivity index (χ2n) is 3.94. The summed E-state index contributed by atoms with van der Waals surface area (Å²) in [6, 6.07) is 5.31. The summed E-state index contributed by atoms with van der Waals surface area (Å²) in [6.45, 7) is 1.80. The van der Waals surface area contributed by atoms with Crippen molar-refractivity contribution in [3.05, 3.63) is 33.1 Å². The second-order valence-corrected chi connectivity index (χ2v) is 5.81. The summed E-state index contributed by atoms with van der Waals surface area (Å²) >= 11 is 13.3. The molecule has 3 nitrogen and oxygen atoms in total. The molecule has 0 spiro atoms. The number of carbonyl (C=O) groups is 1. The maximum absolute atomic E-state index is 11.9. The van der Waals surface area contributed by atoms with Crippen molar-refractivity contribution in [3.63, 3.8) is 0 Å². The van der Waals surface area contributed by atoms with E-state index in [1.54, 1.807) is 25.1 Å². The van der Waals surface area contributed by atoms with E-state index in [9.17, 15) is 4.79 Å². The Morgan fingerprint density at radius 3 is 2.89 bits per heavy atom. The molecular formula is C12H11Cl2NO2S. The zero-order valence-corrected chi connectivity index (χ0v) is 11.9. The van der Waals surface area contributed by atoms with Gasteiger partial charge in [-0.15, -0.1) is 11.3 Å². The number of aliphatic hydroxyl groups is 1. The first-order chi connectivity index (χ1) is 8.49. The van der Waals surface area contributed by atoms with Crippen molar-refractivity contribution in [2.45, 2.75) is 13.0 Å². The monoisotopic (exact) mass is 303 g/mol. The summed E-state index contributed by atoms with van der Waals surface area (Å²) in [6.07, 6.45) is -0.587. The van der Waals surface area contributed by atoms with Gasteiger partial charge in [-0.1, -0.05) is 29.3 Å². The number of benzene rings is 1. The molecule has 0 radical (unpaired) electrons. The summed E-state index contributed by atoms with van der Waals surface area (Å²) in [5, 5.41) is 13.6. The SMILES string of the molecule is C[C@H](O)CNC(=O)c1sc2cc(Cl)ccc2c1Cl. The van der Waals surface area contributed by atoms with Gasteiger partial charge in [-0.3, -0.25) is 4.79 Å². The molecular weight excluding hydrogens is 293 g/mol. The van der Waals surface area contributed by atoms with Gasteiger partial charge in [0.2, 0.25) is 0 Å². The minimum absolute atomic E-state index is 0.199. The van der Waals surface area contributed by atoms with Crippen LogP contribution in [-0.4, -0.2) is 23.7 Å².